The Kier molecular flexibility index (Phi) is 11.3. The Morgan fingerprint density at radius 1 is 0.917 bits per heavy atom. The van der Waals surface area contributed by atoms with Crippen LogP contribution in [0.15, 0.2) is 35.5 Å². The zero-order valence-corrected chi connectivity index (χ0v) is 24.3. The maximum Gasteiger partial charge on any atom is 0.312 e. The van der Waals surface area contributed by atoms with Gasteiger partial charge in [-0.25, -0.2) is 8.42 Å². The molecule has 0 N–H and O–H groups in total. The molecule has 0 spiro atoms. The lowest BCUT2D eigenvalue weighted by atomic mass is 9.86. The monoisotopic (exact) mass is 517 g/mol. The number of hydrogen-bond donors (Lipinski definition) is 0. The van der Waals surface area contributed by atoms with E-state index in [2.05, 4.69) is 45.9 Å². The highest BCUT2D eigenvalue weighted by Gasteiger charge is 2.29. The molecule has 0 radical (unpaired) electrons. The smallest absolute Gasteiger partial charge is 0.312 e. The van der Waals surface area contributed by atoms with Gasteiger partial charge in [-0.05, 0) is 74.1 Å². The molecule has 1 aromatic carbocycles. The van der Waals surface area contributed by atoms with Crippen molar-refractivity contribution >= 4 is 9.84 Å². The highest BCUT2D eigenvalue weighted by atomic mass is 32.2. The van der Waals surface area contributed by atoms with Gasteiger partial charge in [0, 0.05) is 11.6 Å². The molecule has 0 aliphatic carbocycles. The summed E-state index contributed by atoms with van der Waals surface area (Å²) in [7, 11) is -3.63. The predicted molar refractivity (Wildman–Crippen MR) is 149 cm³/mol. The Hall–Kier alpha value is -2.08. The second kappa shape index (κ2) is 13.5. The van der Waals surface area contributed by atoms with Crippen molar-refractivity contribution in [3.63, 3.8) is 0 Å². The van der Waals surface area contributed by atoms with Gasteiger partial charge in [0.15, 0.2) is 6.20 Å². The minimum Gasteiger partial charge on any atom is -0.618 e. The summed E-state index contributed by atoms with van der Waals surface area (Å²) < 4.78 is 33.0. The topological polar surface area (TPSA) is 70.3 Å². The maximum atomic E-state index is 13.2. The van der Waals surface area contributed by atoms with Crippen molar-refractivity contribution < 1.29 is 17.9 Å². The molecule has 202 valence electrons. The summed E-state index contributed by atoms with van der Waals surface area (Å²) in [5, 5.41) is 12.5. The van der Waals surface area contributed by atoms with Crippen LogP contribution in [0.1, 0.15) is 109 Å². The van der Waals surface area contributed by atoms with Crippen LogP contribution >= 0.6 is 0 Å². The predicted octanol–water partition coefficient (Wildman–Crippen LogP) is 6.89. The number of nitrogens with zero attached hydrogens (tertiary/aromatic N) is 1. The van der Waals surface area contributed by atoms with Gasteiger partial charge >= 0.3 is 5.03 Å². The molecule has 1 heterocycles. The lowest BCUT2D eigenvalue weighted by Gasteiger charge is -2.22. The third kappa shape index (κ3) is 8.50. The quantitative estimate of drug-likeness (QED) is 0.155. The van der Waals surface area contributed by atoms with Gasteiger partial charge in [-0.3, -0.25) is 0 Å². The second-order valence-electron chi connectivity index (χ2n) is 11.2. The Labute approximate surface area is 219 Å². The van der Waals surface area contributed by atoms with Crippen molar-refractivity contribution in [1.82, 2.24) is 0 Å². The molecular formula is C30H47NO4S. The van der Waals surface area contributed by atoms with Crippen LogP contribution in [0.2, 0.25) is 0 Å². The molecule has 0 saturated carbocycles. The van der Waals surface area contributed by atoms with Crippen molar-refractivity contribution in [2.75, 3.05) is 5.75 Å². The zero-order valence-electron chi connectivity index (χ0n) is 23.5. The molecule has 0 aliphatic heterocycles. The average molecular weight is 518 g/mol. The van der Waals surface area contributed by atoms with Gasteiger partial charge in [-0.2, -0.15) is 4.73 Å². The van der Waals surface area contributed by atoms with Crippen LogP contribution in [0.4, 0.5) is 0 Å². The highest BCUT2D eigenvalue weighted by Crippen LogP contribution is 2.30. The van der Waals surface area contributed by atoms with Gasteiger partial charge < -0.3 is 9.94 Å². The van der Waals surface area contributed by atoms with Crippen molar-refractivity contribution in [1.29, 1.82) is 0 Å². The van der Waals surface area contributed by atoms with Crippen LogP contribution in [-0.2, 0) is 34.5 Å². The van der Waals surface area contributed by atoms with E-state index in [0.29, 0.717) is 23.1 Å². The van der Waals surface area contributed by atoms with Crippen LogP contribution in [0.25, 0.3) is 0 Å². The minimum absolute atomic E-state index is 0.0174. The SMILES string of the molecule is CCCc1cc[n+]([O-])c(S(=O)(=O)CCCCCCc2ccc(C(C)(C)C)cc2OC(C)C)c1CCC. The van der Waals surface area contributed by atoms with E-state index in [1.807, 2.05) is 20.8 Å². The molecule has 5 nitrogen and oxygen atoms in total. The first-order valence-corrected chi connectivity index (χ1v) is 15.3. The lowest BCUT2D eigenvalue weighted by molar-refractivity contribution is -0.647. The number of aromatic nitrogens is 1. The summed E-state index contributed by atoms with van der Waals surface area (Å²) >= 11 is 0. The number of ether oxygens (including phenoxy) is 1. The molecule has 6 heteroatoms. The summed E-state index contributed by atoms with van der Waals surface area (Å²) in [5.74, 6) is 0.971. The first-order chi connectivity index (χ1) is 16.9. The van der Waals surface area contributed by atoms with Gasteiger partial charge in [0.2, 0.25) is 9.84 Å². The second-order valence-corrected chi connectivity index (χ2v) is 13.2. The van der Waals surface area contributed by atoms with E-state index < -0.39 is 9.84 Å². The molecule has 2 aromatic rings. The van der Waals surface area contributed by atoms with Crippen molar-refractivity contribution in [2.24, 2.45) is 0 Å². The molecule has 0 amide bonds. The molecule has 0 bridgehead atoms. The van der Waals surface area contributed by atoms with Gasteiger partial charge in [0.1, 0.15) is 5.75 Å². The number of sulfone groups is 1. The van der Waals surface area contributed by atoms with Crippen molar-refractivity contribution in [3.05, 3.63) is 57.9 Å². The van der Waals surface area contributed by atoms with Crippen LogP contribution in [0.3, 0.4) is 0 Å². The van der Waals surface area contributed by atoms with Gasteiger partial charge in [0.25, 0.3) is 0 Å². The molecule has 2 rings (SSSR count). The molecule has 36 heavy (non-hydrogen) atoms. The number of unbranched alkanes of at least 4 members (excludes halogenated alkanes) is 3. The fourth-order valence-electron chi connectivity index (χ4n) is 4.59. The Morgan fingerprint density at radius 2 is 1.58 bits per heavy atom. The highest BCUT2D eigenvalue weighted by molar-refractivity contribution is 7.91. The summed E-state index contributed by atoms with van der Waals surface area (Å²) in [6.07, 6.45) is 8.79. The summed E-state index contributed by atoms with van der Waals surface area (Å²) in [6, 6.07) is 8.31. The molecule has 0 aliphatic rings. The number of aryl methyl sites for hydroxylation is 2. The zero-order chi connectivity index (χ0) is 26.9. The number of benzene rings is 1. The first kappa shape index (κ1) is 30.1. The Balaban J connectivity index is 2.00. The van der Waals surface area contributed by atoms with Gasteiger partial charge in [-0.15, -0.1) is 0 Å². The lowest BCUT2D eigenvalue weighted by Crippen LogP contribution is -2.36. The van der Waals surface area contributed by atoms with Crippen LogP contribution in [0, 0.1) is 5.21 Å². The number of rotatable bonds is 14. The van der Waals surface area contributed by atoms with Crippen molar-refractivity contribution in [3.8, 4) is 5.75 Å². The normalized spacial score (nSPS) is 12.3. The first-order valence-electron chi connectivity index (χ1n) is 13.7. The largest absolute Gasteiger partial charge is 0.618 e. The van der Waals surface area contributed by atoms with E-state index in [1.54, 1.807) is 6.07 Å². The third-order valence-corrected chi connectivity index (χ3v) is 8.32. The molecule has 1 aromatic heterocycles. The molecule has 0 atom stereocenters. The fraction of sp³-hybridized carbons (Fsp3) is 0.633. The molecular weight excluding hydrogens is 470 g/mol. The molecule has 0 unspecified atom stereocenters. The summed E-state index contributed by atoms with van der Waals surface area (Å²) in [4.78, 5) is 0. The van der Waals surface area contributed by atoms with E-state index in [0.717, 1.165) is 56.3 Å². The van der Waals surface area contributed by atoms with E-state index in [-0.39, 0.29) is 22.3 Å². The van der Waals surface area contributed by atoms with Crippen LogP contribution < -0.4 is 9.47 Å². The Morgan fingerprint density at radius 3 is 2.19 bits per heavy atom. The standard InChI is InChI=1S/C30H47NO4S/c1-8-14-24-19-20-31(32)29(27(24)15-9-2)36(33,34)21-13-11-10-12-16-25-17-18-26(30(5,6)7)22-28(25)35-23(3)4/h17-20,22-23H,8-16,21H2,1-7H3. The van der Waals surface area contributed by atoms with E-state index in [1.165, 1.54) is 17.3 Å². The molecule has 0 saturated heterocycles. The Bertz CT molecular complexity index is 1080. The third-order valence-electron chi connectivity index (χ3n) is 6.48. The molecule has 0 fully saturated rings. The summed E-state index contributed by atoms with van der Waals surface area (Å²) in [6.45, 7) is 14.8. The van der Waals surface area contributed by atoms with Gasteiger partial charge in [-0.1, -0.05) is 72.4 Å². The minimum atomic E-state index is -3.63. The van der Waals surface area contributed by atoms with E-state index >= 15 is 0 Å². The summed E-state index contributed by atoms with van der Waals surface area (Å²) in [5.41, 5.74) is 4.23. The fourth-order valence-corrected chi connectivity index (χ4v) is 6.31. The van der Waals surface area contributed by atoms with Crippen molar-refractivity contribution in [2.45, 2.75) is 123 Å². The number of pyridine rings is 1. The van der Waals surface area contributed by atoms with Crippen LogP contribution in [-0.4, -0.2) is 20.3 Å². The number of hydrogen-bond acceptors (Lipinski definition) is 4. The average Bonchev–Trinajstić information content (AvgIpc) is 2.77. The van der Waals surface area contributed by atoms with E-state index in [4.69, 9.17) is 4.74 Å². The maximum absolute atomic E-state index is 13.2. The van der Waals surface area contributed by atoms with E-state index in [9.17, 15) is 13.6 Å². The van der Waals surface area contributed by atoms with Gasteiger partial charge in [0.05, 0.1) is 11.9 Å². The van der Waals surface area contributed by atoms with Crippen LogP contribution in [0.5, 0.6) is 5.75 Å².